The van der Waals surface area contributed by atoms with Crippen LogP contribution < -0.4 is 11.1 Å². The predicted octanol–water partition coefficient (Wildman–Crippen LogP) is 1.63. The van der Waals surface area contributed by atoms with Gasteiger partial charge in [-0.1, -0.05) is 13.8 Å². The lowest BCUT2D eigenvalue weighted by molar-refractivity contribution is -0.123. The normalized spacial score (nSPS) is 15.5. The second-order valence-corrected chi connectivity index (χ2v) is 7.49. The number of rotatable bonds is 5. The highest BCUT2D eigenvalue weighted by Gasteiger charge is 2.26. The van der Waals surface area contributed by atoms with Crippen LogP contribution in [0.25, 0.3) is 0 Å². The average molecular weight is 483 g/mol. The third kappa shape index (κ3) is 9.44. The standard InChI is InChI=1S/C17H33N5O3.HI/c1-13(2)14(23)19-7-6-8-20-15(18)21-9-11-22(12-10-21)16(24)25-17(3,4)5;/h13H,6-12H2,1-5H3,(H2,18,20)(H,19,23);1H. The van der Waals surface area contributed by atoms with Gasteiger partial charge in [-0.05, 0) is 27.2 Å². The van der Waals surface area contributed by atoms with Gasteiger partial charge in [-0.2, -0.15) is 0 Å². The molecule has 0 bridgehead atoms. The molecule has 8 nitrogen and oxygen atoms in total. The van der Waals surface area contributed by atoms with Crippen molar-refractivity contribution in [2.24, 2.45) is 16.6 Å². The minimum atomic E-state index is -0.486. The second kappa shape index (κ2) is 11.5. The van der Waals surface area contributed by atoms with Crippen LogP contribution in [0.3, 0.4) is 0 Å². The number of carbonyl (C=O) groups is 2. The van der Waals surface area contributed by atoms with Crippen LogP contribution in [0.15, 0.2) is 4.99 Å². The van der Waals surface area contributed by atoms with E-state index in [1.54, 1.807) is 4.90 Å². The van der Waals surface area contributed by atoms with E-state index in [-0.39, 0.29) is 41.9 Å². The number of piperazine rings is 1. The maximum atomic E-state index is 12.0. The molecule has 152 valence electrons. The van der Waals surface area contributed by atoms with Crippen LogP contribution in [0.2, 0.25) is 0 Å². The van der Waals surface area contributed by atoms with Crippen LogP contribution in [0.5, 0.6) is 0 Å². The Morgan fingerprint density at radius 3 is 2.19 bits per heavy atom. The van der Waals surface area contributed by atoms with Gasteiger partial charge in [0.05, 0.1) is 0 Å². The molecule has 0 atom stereocenters. The van der Waals surface area contributed by atoms with Gasteiger partial charge in [0.25, 0.3) is 0 Å². The fourth-order valence-electron chi connectivity index (χ4n) is 2.23. The summed E-state index contributed by atoms with van der Waals surface area (Å²) in [6.45, 7) is 12.9. The van der Waals surface area contributed by atoms with Crippen molar-refractivity contribution in [1.29, 1.82) is 0 Å². The zero-order valence-corrected chi connectivity index (χ0v) is 18.9. The Hall–Kier alpha value is -1.26. The SMILES string of the molecule is CC(C)C(=O)NCCCN=C(N)N1CCN(C(=O)OC(C)(C)C)CC1.I. The van der Waals surface area contributed by atoms with E-state index in [1.165, 1.54) is 0 Å². The van der Waals surface area contributed by atoms with Gasteiger partial charge in [-0.15, -0.1) is 24.0 Å². The summed E-state index contributed by atoms with van der Waals surface area (Å²) < 4.78 is 5.37. The number of halogens is 1. The molecule has 0 aromatic heterocycles. The van der Waals surface area contributed by atoms with Crippen LogP contribution >= 0.6 is 24.0 Å². The molecule has 1 saturated heterocycles. The van der Waals surface area contributed by atoms with Gasteiger partial charge in [0.1, 0.15) is 5.60 Å². The average Bonchev–Trinajstić information content (AvgIpc) is 2.52. The Balaban J connectivity index is 0.00000625. The number of nitrogens with zero attached hydrogens (tertiary/aromatic N) is 3. The van der Waals surface area contributed by atoms with Crippen molar-refractivity contribution in [1.82, 2.24) is 15.1 Å². The quantitative estimate of drug-likeness (QED) is 0.268. The fourth-order valence-corrected chi connectivity index (χ4v) is 2.23. The molecule has 1 rings (SSSR count). The first-order chi connectivity index (χ1) is 11.6. The highest BCUT2D eigenvalue weighted by atomic mass is 127. The lowest BCUT2D eigenvalue weighted by Gasteiger charge is -2.36. The van der Waals surface area contributed by atoms with E-state index in [9.17, 15) is 9.59 Å². The first-order valence-corrected chi connectivity index (χ1v) is 8.90. The highest BCUT2D eigenvalue weighted by molar-refractivity contribution is 14.0. The number of carbonyl (C=O) groups excluding carboxylic acids is 2. The van der Waals surface area contributed by atoms with Gasteiger partial charge in [-0.25, -0.2) is 4.79 Å². The van der Waals surface area contributed by atoms with Crippen molar-refractivity contribution in [3.05, 3.63) is 0 Å². The third-order valence-corrected chi connectivity index (χ3v) is 3.69. The topological polar surface area (TPSA) is 100 Å². The smallest absolute Gasteiger partial charge is 0.410 e. The molecule has 0 spiro atoms. The van der Waals surface area contributed by atoms with Gasteiger partial charge in [0.2, 0.25) is 5.91 Å². The number of aliphatic imine (C=N–C) groups is 1. The van der Waals surface area contributed by atoms with E-state index in [2.05, 4.69) is 10.3 Å². The monoisotopic (exact) mass is 483 g/mol. The summed E-state index contributed by atoms with van der Waals surface area (Å²) in [5.74, 6) is 0.532. The molecule has 0 radical (unpaired) electrons. The van der Waals surface area contributed by atoms with Crippen molar-refractivity contribution in [2.45, 2.75) is 46.6 Å². The van der Waals surface area contributed by atoms with Crippen LogP contribution in [-0.2, 0) is 9.53 Å². The van der Waals surface area contributed by atoms with Crippen molar-refractivity contribution in [3.63, 3.8) is 0 Å². The van der Waals surface area contributed by atoms with Gasteiger partial charge in [0.15, 0.2) is 5.96 Å². The van der Waals surface area contributed by atoms with Gasteiger partial charge >= 0.3 is 6.09 Å². The summed E-state index contributed by atoms with van der Waals surface area (Å²) >= 11 is 0. The molecule has 9 heteroatoms. The molecule has 0 unspecified atom stereocenters. The molecule has 1 aliphatic heterocycles. The van der Waals surface area contributed by atoms with E-state index in [0.29, 0.717) is 45.2 Å². The molecule has 3 N–H and O–H groups in total. The number of hydrogen-bond acceptors (Lipinski definition) is 4. The Bertz CT molecular complexity index is 483. The number of hydrogen-bond donors (Lipinski definition) is 2. The lowest BCUT2D eigenvalue weighted by Crippen LogP contribution is -2.53. The molecular formula is C17H34IN5O3. The molecule has 26 heavy (non-hydrogen) atoms. The first-order valence-electron chi connectivity index (χ1n) is 8.90. The molecule has 0 aromatic carbocycles. The van der Waals surface area contributed by atoms with Gasteiger partial charge in [0, 0.05) is 45.2 Å². The molecule has 1 aliphatic rings. The minimum absolute atomic E-state index is 0. The zero-order chi connectivity index (χ0) is 19.0. The highest BCUT2D eigenvalue weighted by Crippen LogP contribution is 2.11. The zero-order valence-electron chi connectivity index (χ0n) is 16.6. The van der Waals surface area contributed by atoms with Crippen LogP contribution in [0, 0.1) is 5.92 Å². The number of nitrogens with two attached hydrogens (primary N) is 1. The summed E-state index contributed by atoms with van der Waals surface area (Å²) in [6, 6.07) is 0. The number of amides is 2. The Labute approximate surface area is 173 Å². The third-order valence-electron chi connectivity index (χ3n) is 3.69. The molecule has 2 amide bonds. The van der Waals surface area contributed by atoms with E-state index in [0.717, 1.165) is 6.42 Å². The van der Waals surface area contributed by atoms with Crippen LogP contribution in [0.1, 0.15) is 41.0 Å². The van der Waals surface area contributed by atoms with E-state index in [1.807, 2.05) is 39.5 Å². The summed E-state index contributed by atoms with van der Waals surface area (Å²) in [4.78, 5) is 31.5. The van der Waals surface area contributed by atoms with Crippen molar-refractivity contribution in [2.75, 3.05) is 39.3 Å². The van der Waals surface area contributed by atoms with Crippen LogP contribution in [-0.4, -0.2) is 72.6 Å². The van der Waals surface area contributed by atoms with Gasteiger partial charge < -0.3 is 25.6 Å². The Morgan fingerprint density at radius 1 is 1.15 bits per heavy atom. The maximum absolute atomic E-state index is 12.0. The summed E-state index contributed by atoms with van der Waals surface area (Å²) in [7, 11) is 0. The summed E-state index contributed by atoms with van der Waals surface area (Å²) in [5.41, 5.74) is 5.53. The second-order valence-electron chi connectivity index (χ2n) is 7.49. The van der Waals surface area contributed by atoms with Crippen LogP contribution in [0.4, 0.5) is 4.79 Å². The summed E-state index contributed by atoms with van der Waals surface area (Å²) in [5, 5.41) is 2.85. The maximum Gasteiger partial charge on any atom is 0.410 e. The Kier molecular flexibility index (Phi) is 10.9. The molecule has 1 heterocycles. The van der Waals surface area contributed by atoms with Crippen molar-refractivity contribution in [3.8, 4) is 0 Å². The number of ether oxygens (including phenoxy) is 1. The molecular weight excluding hydrogens is 449 g/mol. The molecule has 1 fully saturated rings. The van der Waals surface area contributed by atoms with Crippen molar-refractivity contribution < 1.29 is 14.3 Å². The summed E-state index contributed by atoms with van der Waals surface area (Å²) in [6.07, 6.45) is 0.459. The minimum Gasteiger partial charge on any atom is -0.444 e. The molecule has 0 aliphatic carbocycles. The lowest BCUT2D eigenvalue weighted by atomic mass is 10.2. The fraction of sp³-hybridized carbons (Fsp3) is 0.824. The van der Waals surface area contributed by atoms with E-state index in [4.69, 9.17) is 10.5 Å². The number of guanidine groups is 1. The molecule has 0 aromatic rings. The largest absolute Gasteiger partial charge is 0.444 e. The van der Waals surface area contributed by atoms with Crippen molar-refractivity contribution >= 4 is 41.9 Å². The van der Waals surface area contributed by atoms with Gasteiger partial charge in [-0.3, -0.25) is 9.79 Å². The first kappa shape index (κ1) is 24.7. The predicted molar refractivity (Wildman–Crippen MR) is 114 cm³/mol. The molecule has 0 saturated carbocycles. The van der Waals surface area contributed by atoms with E-state index >= 15 is 0 Å². The van der Waals surface area contributed by atoms with E-state index < -0.39 is 5.60 Å². The number of nitrogens with one attached hydrogen (secondary N) is 1. The Morgan fingerprint density at radius 2 is 1.69 bits per heavy atom.